The van der Waals surface area contributed by atoms with Gasteiger partial charge in [-0.05, 0) is 24.8 Å². The molecule has 0 aliphatic heterocycles. The first-order valence-corrected chi connectivity index (χ1v) is 7.21. The summed E-state index contributed by atoms with van der Waals surface area (Å²) in [5, 5.41) is 3.07. The Morgan fingerprint density at radius 1 is 1.32 bits per heavy atom. The number of hydrogen-bond donors (Lipinski definition) is 2. The Bertz CT molecular complexity index is 441. The van der Waals surface area contributed by atoms with Gasteiger partial charge in [0.05, 0.1) is 10.9 Å². The molecule has 0 heterocycles. The van der Waals surface area contributed by atoms with E-state index in [9.17, 15) is 4.79 Å². The smallest absolute Gasteiger partial charge is 0.230 e. The third-order valence-electron chi connectivity index (χ3n) is 3.64. The van der Waals surface area contributed by atoms with E-state index in [1.807, 2.05) is 30.3 Å². The fourth-order valence-corrected chi connectivity index (χ4v) is 2.73. The summed E-state index contributed by atoms with van der Waals surface area (Å²) in [4.78, 5) is 12.5. The van der Waals surface area contributed by atoms with Gasteiger partial charge in [0.15, 0.2) is 0 Å². The van der Waals surface area contributed by atoms with Gasteiger partial charge in [-0.25, -0.2) is 0 Å². The van der Waals surface area contributed by atoms with Crippen LogP contribution in [0.4, 0.5) is 0 Å². The van der Waals surface area contributed by atoms with Crippen LogP contribution in [-0.2, 0) is 11.2 Å². The van der Waals surface area contributed by atoms with E-state index in [-0.39, 0.29) is 10.9 Å². The Hall–Kier alpha value is -1.42. The zero-order valence-electron chi connectivity index (χ0n) is 11.0. The number of hydrogen-bond acceptors (Lipinski definition) is 2. The number of nitrogens with two attached hydrogens (primary N) is 1. The molecule has 1 aliphatic carbocycles. The van der Waals surface area contributed by atoms with E-state index < -0.39 is 5.92 Å². The van der Waals surface area contributed by atoms with E-state index in [4.69, 9.17) is 18.0 Å². The molecule has 0 aromatic heterocycles. The lowest BCUT2D eigenvalue weighted by atomic mass is 9.98. The van der Waals surface area contributed by atoms with Gasteiger partial charge in [0.25, 0.3) is 0 Å². The van der Waals surface area contributed by atoms with Gasteiger partial charge >= 0.3 is 0 Å². The zero-order valence-corrected chi connectivity index (χ0v) is 11.8. The van der Waals surface area contributed by atoms with Crippen LogP contribution in [0.25, 0.3) is 0 Å². The van der Waals surface area contributed by atoms with Crippen molar-refractivity contribution in [1.82, 2.24) is 5.32 Å². The normalized spacial score (nSPS) is 17.1. The number of benzene rings is 1. The van der Waals surface area contributed by atoms with Crippen molar-refractivity contribution < 1.29 is 4.79 Å². The Kier molecular flexibility index (Phi) is 4.91. The van der Waals surface area contributed by atoms with Gasteiger partial charge in [0.1, 0.15) is 0 Å². The molecule has 2 rings (SSSR count). The highest BCUT2D eigenvalue weighted by atomic mass is 32.1. The minimum atomic E-state index is -0.405. The maximum absolute atomic E-state index is 12.3. The van der Waals surface area contributed by atoms with E-state index in [1.165, 1.54) is 12.8 Å². The van der Waals surface area contributed by atoms with Crippen molar-refractivity contribution in [1.29, 1.82) is 0 Å². The molecule has 3 N–H and O–H groups in total. The molecule has 0 radical (unpaired) electrons. The van der Waals surface area contributed by atoms with E-state index in [1.54, 1.807) is 0 Å². The summed E-state index contributed by atoms with van der Waals surface area (Å²) < 4.78 is 0. The summed E-state index contributed by atoms with van der Waals surface area (Å²) in [6.07, 6.45) is 5.11. The van der Waals surface area contributed by atoms with Gasteiger partial charge in [-0.15, -0.1) is 0 Å². The van der Waals surface area contributed by atoms with E-state index in [2.05, 4.69) is 5.32 Å². The lowest BCUT2D eigenvalue weighted by Gasteiger charge is -2.19. The van der Waals surface area contributed by atoms with Crippen LogP contribution in [0.5, 0.6) is 0 Å². The second-order valence-corrected chi connectivity index (χ2v) is 5.61. The molecule has 1 atom stereocenters. The second kappa shape index (κ2) is 6.66. The minimum absolute atomic E-state index is 0.0248. The van der Waals surface area contributed by atoms with Crippen LogP contribution in [-0.4, -0.2) is 16.9 Å². The molecule has 1 aromatic carbocycles. The maximum atomic E-state index is 12.3. The van der Waals surface area contributed by atoms with Gasteiger partial charge in [-0.3, -0.25) is 4.79 Å². The monoisotopic (exact) mass is 276 g/mol. The van der Waals surface area contributed by atoms with Crippen LogP contribution in [0.1, 0.15) is 31.2 Å². The number of carbonyl (C=O) groups excluding carboxylic acids is 1. The first-order chi connectivity index (χ1) is 9.16. The number of thiocarbonyl (C=S) groups is 1. The quantitative estimate of drug-likeness (QED) is 0.811. The summed E-state index contributed by atoms with van der Waals surface area (Å²) in [5.41, 5.74) is 6.82. The summed E-state index contributed by atoms with van der Waals surface area (Å²) in [6, 6.07) is 10.2. The van der Waals surface area contributed by atoms with Crippen LogP contribution in [0.2, 0.25) is 0 Å². The Labute approximate surface area is 119 Å². The topological polar surface area (TPSA) is 55.1 Å². The molecule has 102 valence electrons. The van der Waals surface area contributed by atoms with Crippen molar-refractivity contribution in [3.63, 3.8) is 0 Å². The number of rotatable bonds is 5. The molecule has 1 aromatic rings. The number of amides is 1. The fourth-order valence-electron chi connectivity index (χ4n) is 2.54. The van der Waals surface area contributed by atoms with E-state index in [0.717, 1.165) is 18.4 Å². The average molecular weight is 276 g/mol. The highest BCUT2D eigenvalue weighted by Crippen LogP contribution is 2.19. The van der Waals surface area contributed by atoms with Crippen LogP contribution in [0, 0.1) is 5.92 Å². The molecule has 1 unspecified atom stereocenters. The van der Waals surface area contributed by atoms with Crippen molar-refractivity contribution in [3.8, 4) is 0 Å². The van der Waals surface area contributed by atoms with Crippen LogP contribution < -0.4 is 11.1 Å². The molecule has 1 fully saturated rings. The summed E-state index contributed by atoms with van der Waals surface area (Å²) in [5.74, 6) is -0.429. The Morgan fingerprint density at radius 2 is 1.95 bits per heavy atom. The molecule has 0 bridgehead atoms. The van der Waals surface area contributed by atoms with Gasteiger partial charge in [0, 0.05) is 6.04 Å². The van der Waals surface area contributed by atoms with E-state index in [0.29, 0.717) is 12.5 Å². The van der Waals surface area contributed by atoms with Crippen LogP contribution in [0.15, 0.2) is 30.3 Å². The van der Waals surface area contributed by atoms with Gasteiger partial charge in [-0.1, -0.05) is 55.4 Å². The number of nitrogens with one attached hydrogen (secondary N) is 1. The molecule has 1 amide bonds. The van der Waals surface area contributed by atoms with Crippen molar-refractivity contribution in [2.75, 3.05) is 0 Å². The largest absolute Gasteiger partial charge is 0.393 e. The lowest BCUT2D eigenvalue weighted by molar-refractivity contribution is -0.123. The van der Waals surface area contributed by atoms with Crippen LogP contribution in [0.3, 0.4) is 0 Å². The molecule has 0 saturated heterocycles. The summed E-state index contributed by atoms with van der Waals surface area (Å²) in [7, 11) is 0. The molecule has 0 spiro atoms. The average Bonchev–Trinajstić information content (AvgIpc) is 2.89. The highest BCUT2D eigenvalue weighted by Gasteiger charge is 2.25. The predicted octanol–water partition coefficient (Wildman–Crippen LogP) is 2.19. The third kappa shape index (κ3) is 4.03. The first-order valence-electron chi connectivity index (χ1n) is 6.80. The predicted molar refractivity (Wildman–Crippen MR) is 80.8 cm³/mol. The van der Waals surface area contributed by atoms with Gasteiger partial charge in [-0.2, -0.15) is 0 Å². The standard InChI is InChI=1S/C15H20N2OS/c16-14(19)13(10-11-6-2-1-3-7-11)15(18)17-12-8-4-5-9-12/h1-3,6-7,12-13H,4-5,8-10H2,(H2,16,19)(H,17,18). The number of carbonyl (C=O) groups is 1. The van der Waals surface area contributed by atoms with Crippen molar-refractivity contribution in [2.45, 2.75) is 38.1 Å². The maximum Gasteiger partial charge on any atom is 0.230 e. The van der Waals surface area contributed by atoms with Crippen LogP contribution >= 0.6 is 12.2 Å². The van der Waals surface area contributed by atoms with Crippen molar-refractivity contribution in [3.05, 3.63) is 35.9 Å². The summed E-state index contributed by atoms with van der Waals surface area (Å²) >= 11 is 5.05. The SMILES string of the molecule is NC(=S)C(Cc1ccccc1)C(=O)NC1CCCC1. The summed E-state index contributed by atoms with van der Waals surface area (Å²) in [6.45, 7) is 0. The molecule has 3 nitrogen and oxygen atoms in total. The Morgan fingerprint density at radius 3 is 2.53 bits per heavy atom. The molecule has 4 heteroatoms. The molecule has 19 heavy (non-hydrogen) atoms. The highest BCUT2D eigenvalue weighted by molar-refractivity contribution is 7.80. The Balaban J connectivity index is 1.98. The zero-order chi connectivity index (χ0) is 13.7. The van der Waals surface area contributed by atoms with E-state index >= 15 is 0 Å². The molecule has 1 aliphatic rings. The molecular weight excluding hydrogens is 256 g/mol. The molecule has 1 saturated carbocycles. The first kappa shape index (κ1) is 14.0. The van der Waals surface area contributed by atoms with Gasteiger partial charge in [0.2, 0.25) is 5.91 Å². The molecular formula is C15H20N2OS. The third-order valence-corrected chi connectivity index (χ3v) is 3.93. The lowest BCUT2D eigenvalue weighted by Crippen LogP contribution is -2.43. The van der Waals surface area contributed by atoms with Crippen molar-refractivity contribution in [2.24, 2.45) is 11.7 Å². The van der Waals surface area contributed by atoms with Crippen molar-refractivity contribution >= 4 is 23.1 Å². The fraction of sp³-hybridized carbons (Fsp3) is 0.467. The van der Waals surface area contributed by atoms with Gasteiger partial charge < -0.3 is 11.1 Å². The minimum Gasteiger partial charge on any atom is -0.393 e. The second-order valence-electron chi connectivity index (χ2n) is 5.13.